The zero-order valence-corrected chi connectivity index (χ0v) is 19.5. The summed E-state index contributed by atoms with van der Waals surface area (Å²) in [6.07, 6.45) is 9.98. The SMILES string of the molecule is COC(=O)c1ccc(-n2cccc2[C@H]2[C@H](c3ccccn3)NC(=S)N2C2CCCCC2)cc1. The quantitative estimate of drug-likeness (QED) is 0.429. The lowest BCUT2D eigenvalue weighted by Crippen LogP contribution is -2.40. The molecule has 1 saturated heterocycles. The number of benzene rings is 1. The molecule has 1 aliphatic carbocycles. The largest absolute Gasteiger partial charge is 0.465 e. The standard InChI is InChI=1S/C26H28N4O2S/c1-32-25(31)18-12-14-19(15-13-18)29-17-7-11-22(29)24-23(21-10-5-6-16-27-21)28-26(33)30(24)20-8-3-2-4-9-20/h5-7,10-17,20,23-24H,2-4,8-9H2,1H3,(H,28,33)/t23-,24-/m0/s1. The van der Waals surface area contributed by atoms with Gasteiger partial charge in [0.2, 0.25) is 0 Å². The van der Waals surface area contributed by atoms with Crippen LogP contribution in [0.2, 0.25) is 0 Å². The van der Waals surface area contributed by atoms with Gasteiger partial charge in [-0.15, -0.1) is 0 Å². The number of thiocarbonyl (C=S) groups is 1. The van der Waals surface area contributed by atoms with Crippen LogP contribution < -0.4 is 5.32 Å². The van der Waals surface area contributed by atoms with E-state index in [1.54, 1.807) is 12.1 Å². The molecule has 1 saturated carbocycles. The van der Waals surface area contributed by atoms with E-state index in [9.17, 15) is 4.79 Å². The van der Waals surface area contributed by atoms with Crippen LogP contribution in [0.4, 0.5) is 0 Å². The summed E-state index contributed by atoms with van der Waals surface area (Å²) >= 11 is 5.89. The molecule has 0 spiro atoms. The summed E-state index contributed by atoms with van der Waals surface area (Å²) < 4.78 is 7.03. The van der Waals surface area contributed by atoms with Gasteiger partial charge in [0, 0.05) is 29.8 Å². The van der Waals surface area contributed by atoms with Gasteiger partial charge in [0.1, 0.15) is 0 Å². The van der Waals surface area contributed by atoms with Gasteiger partial charge in [0.25, 0.3) is 0 Å². The highest BCUT2D eigenvalue weighted by Crippen LogP contribution is 2.43. The Morgan fingerprint density at radius 1 is 1.06 bits per heavy atom. The fourth-order valence-electron chi connectivity index (χ4n) is 5.18. The number of rotatable bonds is 5. The van der Waals surface area contributed by atoms with Crippen LogP contribution in [0.15, 0.2) is 67.0 Å². The highest BCUT2D eigenvalue weighted by molar-refractivity contribution is 7.80. The second-order valence-electron chi connectivity index (χ2n) is 8.67. The Morgan fingerprint density at radius 2 is 1.85 bits per heavy atom. The van der Waals surface area contributed by atoms with E-state index >= 15 is 0 Å². The molecule has 2 atom stereocenters. The summed E-state index contributed by atoms with van der Waals surface area (Å²) in [6.45, 7) is 0. The van der Waals surface area contributed by atoms with Crippen molar-refractivity contribution in [1.82, 2.24) is 19.8 Å². The van der Waals surface area contributed by atoms with Gasteiger partial charge in [-0.2, -0.15) is 0 Å². The zero-order chi connectivity index (χ0) is 22.8. The van der Waals surface area contributed by atoms with Crippen molar-refractivity contribution in [2.24, 2.45) is 0 Å². The van der Waals surface area contributed by atoms with Gasteiger partial charge < -0.3 is 19.5 Å². The highest BCUT2D eigenvalue weighted by atomic mass is 32.1. The average molecular weight is 461 g/mol. The molecule has 2 aromatic heterocycles. The van der Waals surface area contributed by atoms with E-state index in [1.807, 2.05) is 30.5 Å². The fraction of sp³-hybridized carbons (Fsp3) is 0.346. The van der Waals surface area contributed by atoms with E-state index in [0.717, 1.165) is 35.0 Å². The summed E-state index contributed by atoms with van der Waals surface area (Å²) in [4.78, 5) is 19.0. The first-order valence-electron chi connectivity index (χ1n) is 11.5. The van der Waals surface area contributed by atoms with Crippen LogP contribution in [-0.4, -0.2) is 38.7 Å². The van der Waals surface area contributed by atoms with Crippen molar-refractivity contribution < 1.29 is 9.53 Å². The second kappa shape index (κ2) is 9.35. The van der Waals surface area contributed by atoms with Crippen LogP contribution in [0.5, 0.6) is 0 Å². The summed E-state index contributed by atoms with van der Waals surface area (Å²) in [5, 5.41) is 4.39. The first-order valence-corrected chi connectivity index (χ1v) is 11.9. The average Bonchev–Trinajstić information content (AvgIpc) is 3.49. The van der Waals surface area contributed by atoms with Crippen LogP contribution in [0.3, 0.4) is 0 Å². The Morgan fingerprint density at radius 3 is 2.55 bits per heavy atom. The Kier molecular flexibility index (Phi) is 6.13. The van der Waals surface area contributed by atoms with Crippen LogP contribution in [0.25, 0.3) is 5.69 Å². The van der Waals surface area contributed by atoms with E-state index in [1.165, 1.54) is 26.4 Å². The Hall–Kier alpha value is -3.19. The molecule has 0 amide bonds. The Balaban J connectivity index is 1.56. The smallest absolute Gasteiger partial charge is 0.337 e. The van der Waals surface area contributed by atoms with Crippen LogP contribution >= 0.6 is 12.2 Å². The van der Waals surface area contributed by atoms with Crippen molar-refractivity contribution in [2.75, 3.05) is 7.11 Å². The van der Waals surface area contributed by atoms with Gasteiger partial charge in [-0.05, 0) is 73.6 Å². The highest BCUT2D eigenvalue weighted by Gasteiger charge is 2.44. The molecule has 1 N–H and O–H groups in total. The maximum absolute atomic E-state index is 11.9. The first-order chi connectivity index (χ1) is 16.2. The molecule has 1 aliphatic heterocycles. The van der Waals surface area contributed by atoms with E-state index in [0.29, 0.717) is 11.6 Å². The Labute approximate surface area is 199 Å². The van der Waals surface area contributed by atoms with Crippen molar-refractivity contribution >= 4 is 23.3 Å². The Bertz CT molecular complexity index is 1120. The molecular weight excluding hydrogens is 432 g/mol. The third-order valence-corrected chi connectivity index (χ3v) is 7.08. The lowest BCUT2D eigenvalue weighted by molar-refractivity contribution is 0.0600. The van der Waals surface area contributed by atoms with E-state index < -0.39 is 0 Å². The summed E-state index contributed by atoms with van der Waals surface area (Å²) in [7, 11) is 1.40. The number of hydrogen-bond acceptors (Lipinski definition) is 4. The minimum Gasteiger partial charge on any atom is -0.465 e. The normalized spacial score (nSPS) is 21.1. The molecule has 6 nitrogen and oxygen atoms in total. The molecule has 1 aromatic carbocycles. The monoisotopic (exact) mass is 460 g/mol. The molecule has 0 unspecified atom stereocenters. The fourth-order valence-corrected chi connectivity index (χ4v) is 5.57. The molecule has 7 heteroatoms. The molecular formula is C26H28N4O2S. The molecule has 170 valence electrons. The van der Waals surface area contributed by atoms with E-state index in [-0.39, 0.29) is 18.1 Å². The summed E-state index contributed by atoms with van der Waals surface area (Å²) in [6, 6.07) is 18.2. The minimum absolute atomic E-state index is 0.0192. The lowest BCUT2D eigenvalue weighted by Gasteiger charge is -2.37. The molecule has 2 aliphatic rings. The zero-order valence-electron chi connectivity index (χ0n) is 18.7. The van der Waals surface area contributed by atoms with Gasteiger partial charge >= 0.3 is 5.97 Å². The molecule has 3 heterocycles. The molecule has 0 radical (unpaired) electrons. The van der Waals surface area contributed by atoms with Crippen molar-refractivity contribution in [1.29, 1.82) is 0 Å². The van der Waals surface area contributed by atoms with Crippen molar-refractivity contribution in [3.8, 4) is 5.69 Å². The van der Waals surface area contributed by atoms with Crippen LogP contribution in [0, 0.1) is 0 Å². The number of pyridine rings is 1. The van der Waals surface area contributed by atoms with Gasteiger partial charge in [0.15, 0.2) is 5.11 Å². The van der Waals surface area contributed by atoms with Crippen molar-refractivity contribution in [3.63, 3.8) is 0 Å². The maximum Gasteiger partial charge on any atom is 0.337 e. The van der Waals surface area contributed by atoms with Gasteiger partial charge in [0.05, 0.1) is 30.5 Å². The molecule has 0 bridgehead atoms. The summed E-state index contributed by atoms with van der Waals surface area (Å²) in [5.41, 5.74) is 3.66. The lowest BCUT2D eigenvalue weighted by atomic mass is 9.92. The molecule has 33 heavy (non-hydrogen) atoms. The third kappa shape index (κ3) is 4.13. The number of esters is 1. The number of nitrogens with one attached hydrogen (secondary N) is 1. The van der Waals surface area contributed by atoms with E-state index in [2.05, 4.69) is 44.2 Å². The van der Waals surface area contributed by atoms with Crippen molar-refractivity contribution in [2.45, 2.75) is 50.2 Å². The van der Waals surface area contributed by atoms with Gasteiger partial charge in [-0.1, -0.05) is 25.3 Å². The number of aromatic nitrogens is 2. The van der Waals surface area contributed by atoms with Gasteiger partial charge in [-0.3, -0.25) is 4.98 Å². The van der Waals surface area contributed by atoms with Gasteiger partial charge in [-0.25, -0.2) is 4.79 Å². The second-order valence-corrected chi connectivity index (χ2v) is 9.05. The number of carbonyl (C=O) groups excluding carboxylic acids is 1. The summed E-state index contributed by atoms with van der Waals surface area (Å²) in [5.74, 6) is -0.335. The molecule has 5 rings (SSSR count). The third-order valence-electron chi connectivity index (χ3n) is 6.75. The van der Waals surface area contributed by atoms with Crippen molar-refractivity contribution in [3.05, 3.63) is 83.9 Å². The number of ether oxygens (including phenoxy) is 1. The number of nitrogens with zero attached hydrogens (tertiary/aromatic N) is 3. The predicted molar refractivity (Wildman–Crippen MR) is 131 cm³/mol. The van der Waals surface area contributed by atoms with Crippen LogP contribution in [-0.2, 0) is 4.74 Å². The minimum atomic E-state index is -0.335. The first kappa shape index (κ1) is 21.6. The topological polar surface area (TPSA) is 59.4 Å². The van der Waals surface area contributed by atoms with E-state index in [4.69, 9.17) is 17.0 Å². The predicted octanol–water partition coefficient (Wildman–Crippen LogP) is 4.96. The van der Waals surface area contributed by atoms with Crippen LogP contribution in [0.1, 0.15) is 65.9 Å². The number of hydrogen-bond donors (Lipinski definition) is 1. The maximum atomic E-state index is 11.9. The molecule has 3 aromatic rings. The number of methoxy groups -OCH3 is 1. The number of carbonyl (C=O) groups is 1. The molecule has 2 fully saturated rings.